The van der Waals surface area contributed by atoms with Crippen LogP contribution in [0.25, 0.3) is 0 Å². The van der Waals surface area contributed by atoms with Gasteiger partial charge in [0, 0.05) is 12.0 Å². The minimum Gasteiger partial charge on any atom is -0.360 e. The van der Waals surface area contributed by atoms with E-state index in [-0.39, 0.29) is 5.76 Å². The molecule has 0 atom stereocenters. The van der Waals surface area contributed by atoms with Gasteiger partial charge < -0.3 is 4.52 Å². The zero-order valence-electron chi connectivity index (χ0n) is 6.73. The maximum atomic E-state index is 12.2. The molecule has 72 valence electrons. The van der Waals surface area contributed by atoms with Crippen LogP contribution < -0.4 is 0 Å². The fourth-order valence-corrected chi connectivity index (χ4v) is 1.61. The van der Waals surface area contributed by atoms with E-state index >= 15 is 0 Å². The lowest BCUT2D eigenvalue weighted by Gasteiger charge is -1.85. The van der Waals surface area contributed by atoms with Crippen molar-refractivity contribution in [1.29, 1.82) is 0 Å². The largest absolute Gasteiger partial charge is 0.360 e. The highest BCUT2D eigenvalue weighted by atomic mass is 32.3. The van der Waals surface area contributed by atoms with Gasteiger partial charge in [-0.2, -0.15) is 8.42 Å². The minimum atomic E-state index is -4.50. The number of hydrogen-bond acceptors (Lipinski definition) is 4. The lowest BCUT2D eigenvalue weighted by atomic mass is 10.3. The molecule has 13 heavy (non-hydrogen) atoms. The summed E-state index contributed by atoms with van der Waals surface area (Å²) in [7, 11) is -4.50. The van der Waals surface area contributed by atoms with Gasteiger partial charge in [0.05, 0.1) is 5.69 Å². The van der Waals surface area contributed by atoms with Gasteiger partial charge in [0.15, 0.2) is 5.76 Å². The van der Waals surface area contributed by atoms with Crippen LogP contribution in [-0.2, 0) is 16.0 Å². The lowest BCUT2D eigenvalue weighted by Crippen LogP contribution is -1.93. The highest BCUT2D eigenvalue weighted by Crippen LogP contribution is 2.39. The number of aromatic nitrogens is 1. The zero-order chi connectivity index (χ0) is 9.47. The molecule has 1 aliphatic rings. The van der Waals surface area contributed by atoms with Crippen molar-refractivity contribution in [3.63, 3.8) is 0 Å². The summed E-state index contributed by atoms with van der Waals surface area (Å²) in [4.78, 5) is 0. The van der Waals surface area contributed by atoms with Crippen molar-refractivity contribution in [3.05, 3.63) is 17.5 Å². The average Bonchev–Trinajstić information content (AvgIpc) is 2.72. The Morgan fingerprint density at radius 1 is 1.62 bits per heavy atom. The van der Waals surface area contributed by atoms with Crippen molar-refractivity contribution >= 4 is 10.2 Å². The van der Waals surface area contributed by atoms with Gasteiger partial charge in [-0.25, -0.2) is 0 Å². The predicted octanol–water partition coefficient (Wildman–Crippen LogP) is 1.35. The van der Waals surface area contributed by atoms with Crippen molar-refractivity contribution in [2.24, 2.45) is 0 Å². The van der Waals surface area contributed by atoms with Gasteiger partial charge in [0.1, 0.15) is 5.75 Å². The SMILES string of the molecule is O=S(=O)(F)Cc1cc(C2CC2)no1. The lowest BCUT2D eigenvalue weighted by molar-refractivity contribution is 0.385. The molecular weight excluding hydrogens is 197 g/mol. The summed E-state index contributed by atoms with van der Waals surface area (Å²) in [6.07, 6.45) is 2.10. The van der Waals surface area contributed by atoms with Crippen LogP contribution in [0.3, 0.4) is 0 Å². The first kappa shape index (κ1) is 8.68. The first-order valence-electron chi connectivity index (χ1n) is 3.92. The number of halogens is 1. The summed E-state index contributed by atoms with van der Waals surface area (Å²) in [5.74, 6) is -0.253. The Kier molecular flexibility index (Phi) is 1.87. The van der Waals surface area contributed by atoms with E-state index < -0.39 is 16.0 Å². The van der Waals surface area contributed by atoms with Gasteiger partial charge in [-0.1, -0.05) is 5.16 Å². The third-order valence-electron chi connectivity index (χ3n) is 1.89. The Balaban J connectivity index is 2.13. The molecule has 0 bridgehead atoms. The average molecular weight is 205 g/mol. The van der Waals surface area contributed by atoms with Crippen molar-refractivity contribution in [1.82, 2.24) is 5.16 Å². The highest BCUT2D eigenvalue weighted by molar-refractivity contribution is 7.85. The van der Waals surface area contributed by atoms with E-state index in [1.807, 2.05) is 0 Å². The van der Waals surface area contributed by atoms with Gasteiger partial charge >= 0.3 is 10.2 Å². The van der Waals surface area contributed by atoms with E-state index in [0.717, 1.165) is 18.5 Å². The van der Waals surface area contributed by atoms with Crippen molar-refractivity contribution < 1.29 is 16.8 Å². The summed E-state index contributed by atoms with van der Waals surface area (Å²) in [6.45, 7) is 0. The van der Waals surface area contributed by atoms with Crippen LogP contribution in [0.1, 0.15) is 30.2 Å². The Labute approximate surface area is 74.9 Å². The Morgan fingerprint density at radius 2 is 2.31 bits per heavy atom. The van der Waals surface area contributed by atoms with E-state index in [2.05, 4.69) is 9.68 Å². The van der Waals surface area contributed by atoms with E-state index in [1.54, 1.807) is 0 Å². The molecule has 0 N–H and O–H groups in total. The molecule has 1 aliphatic carbocycles. The van der Waals surface area contributed by atoms with Crippen LogP contribution in [0, 0.1) is 0 Å². The molecule has 1 fully saturated rings. The molecule has 1 heterocycles. The van der Waals surface area contributed by atoms with Crippen LogP contribution >= 0.6 is 0 Å². The first-order valence-corrected chi connectivity index (χ1v) is 5.48. The molecule has 0 aliphatic heterocycles. The van der Waals surface area contributed by atoms with Gasteiger partial charge in [0.25, 0.3) is 0 Å². The maximum absolute atomic E-state index is 12.2. The maximum Gasteiger partial charge on any atom is 0.309 e. The zero-order valence-corrected chi connectivity index (χ0v) is 7.55. The van der Waals surface area contributed by atoms with Gasteiger partial charge in [-0.05, 0) is 12.8 Å². The molecule has 0 radical (unpaired) electrons. The summed E-state index contributed by atoms with van der Waals surface area (Å²) in [5, 5.41) is 3.66. The van der Waals surface area contributed by atoms with Crippen molar-refractivity contribution in [2.45, 2.75) is 24.5 Å². The summed E-state index contributed by atoms with van der Waals surface area (Å²) in [5.41, 5.74) is 0.735. The predicted molar refractivity (Wildman–Crippen MR) is 42.2 cm³/mol. The quantitative estimate of drug-likeness (QED) is 0.699. The Morgan fingerprint density at radius 3 is 2.85 bits per heavy atom. The summed E-state index contributed by atoms with van der Waals surface area (Å²) < 4.78 is 37.3. The smallest absolute Gasteiger partial charge is 0.309 e. The molecule has 1 aromatic heterocycles. The van der Waals surface area contributed by atoms with E-state index in [1.165, 1.54) is 6.07 Å². The van der Waals surface area contributed by atoms with E-state index in [4.69, 9.17) is 0 Å². The second kappa shape index (κ2) is 2.80. The van der Waals surface area contributed by atoms with Crippen molar-refractivity contribution in [2.75, 3.05) is 0 Å². The third-order valence-corrected chi connectivity index (χ3v) is 2.52. The van der Waals surface area contributed by atoms with Crippen LogP contribution in [0.2, 0.25) is 0 Å². The molecule has 4 nitrogen and oxygen atoms in total. The monoisotopic (exact) mass is 205 g/mol. The summed E-state index contributed by atoms with van der Waals surface area (Å²) >= 11 is 0. The molecule has 0 amide bonds. The standard InChI is InChI=1S/C7H8FNO3S/c8-13(10,11)4-6-3-7(9-12-6)5-1-2-5/h3,5H,1-2,4H2. The van der Waals surface area contributed by atoms with Gasteiger partial charge in [0.2, 0.25) is 0 Å². The van der Waals surface area contributed by atoms with Crippen molar-refractivity contribution in [3.8, 4) is 0 Å². The molecule has 6 heteroatoms. The van der Waals surface area contributed by atoms with Crippen LogP contribution in [0.5, 0.6) is 0 Å². The van der Waals surface area contributed by atoms with E-state index in [0.29, 0.717) is 5.92 Å². The molecule has 0 unspecified atom stereocenters. The normalized spacial score (nSPS) is 17.6. The molecule has 1 saturated carbocycles. The van der Waals surface area contributed by atoms with E-state index in [9.17, 15) is 12.3 Å². The number of nitrogens with zero attached hydrogens (tertiary/aromatic N) is 1. The molecule has 2 rings (SSSR count). The summed E-state index contributed by atoms with van der Waals surface area (Å²) in [6, 6.07) is 1.51. The number of rotatable bonds is 3. The molecule has 0 aromatic carbocycles. The number of hydrogen-bond donors (Lipinski definition) is 0. The second-order valence-electron chi connectivity index (χ2n) is 3.18. The third kappa shape index (κ3) is 2.27. The molecule has 1 aromatic rings. The van der Waals surface area contributed by atoms with Crippen LogP contribution in [0.4, 0.5) is 3.89 Å². The van der Waals surface area contributed by atoms with Crippen LogP contribution in [-0.4, -0.2) is 13.6 Å². The van der Waals surface area contributed by atoms with Crippen LogP contribution in [0.15, 0.2) is 10.6 Å². The van der Waals surface area contributed by atoms with Gasteiger partial charge in [-0.3, -0.25) is 0 Å². The fraction of sp³-hybridized carbons (Fsp3) is 0.571. The highest BCUT2D eigenvalue weighted by Gasteiger charge is 2.27. The molecule has 0 saturated heterocycles. The minimum absolute atomic E-state index is 0.0735. The second-order valence-corrected chi connectivity index (χ2v) is 4.54. The van der Waals surface area contributed by atoms with Gasteiger partial charge in [-0.15, -0.1) is 3.89 Å². The Bertz CT molecular complexity index is 407. The Hall–Kier alpha value is -0.910. The first-order chi connectivity index (χ1) is 6.04. The topological polar surface area (TPSA) is 60.2 Å². The molecule has 0 spiro atoms. The molecular formula is C7H8FNO3S. The fourth-order valence-electron chi connectivity index (χ4n) is 1.14.